The lowest BCUT2D eigenvalue weighted by atomic mass is 10.1. The average Bonchev–Trinajstić information content (AvgIpc) is 2.76. The number of hydrogen-bond acceptors (Lipinski definition) is 6. The van der Waals surface area contributed by atoms with Crippen molar-refractivity contribution in [2.24, 2.45) is 0 Å². The standard InChI is InChI=1S/C22H25FN4O3S/c1-14-16(23)4-3-5-17(14)27-22(31)20-18(7-9-25-21(20)28)26-12-15-6-8-24-13-19(15)30-11-10-29-2/h3-6,8,13,26H,7,9-12H2,1-2H3,(H,25,28)(H,27,31). The molecule has 1 aromatic heterocycles. The Morgan fingerprint density at radius 2 is 2.16 bits per heavy atom. The van der Waals surface area contributed by atoms with Crippen molar-refractivity contribution in [2.75, 3.05) is 32.2 Å². The van der Waals surface area contributed by atoms with E-state index in [1.54, 1.807) is 38.6 Å². The van der Waals surface area contributed by atoms with E-state index in [0.717, 1.165) is 11.3 Å². The number of aromatic nitrogens is 1. The number of benzene rings is 1. The first kappa shape index (κ1) is 22.6. The molecule has 0 bridgehead atoms. The highest BCUT2D eigenvalue weighted by molar-refractivity contribution is 7.81. The number of hydrogen-bond donors (Lipinski definition) is 3. The number of methoxy groups -OCH3 is 1. The van der Waals surface area contributed by atoms with Crippen LogP contribution in [0.5, 0.6) is 5.75 Å². The van der Waals surface area contributed by atoms with Gasteiger partial charge in [0, 0.05) is 55.3 Å². The zero-order valence-electron chi connectivity index (χ0n) is 17.5. The van der Waals surface area contributed by atoms with Gasteiger partial charge in [-0.3, -0.25) is 9.78 Å². The highest BCUT2D eigenvalue weighted by Crippen LogP contribution is 2.22. The van der Waals surface area contributed by atoms with E-state index in [0.29, 0.717) is 55.3 Å². The molecule has 164 valence electrons. The third-order valence-electron chi connectivity index (χ3n) is 4.84. The normalized spacial score (nSPS) is 13.6. The number of ether oxygens (including phenoxy) is 2. The van der Waals surface area contributed by atoms with Gasteiger partial charge >= 0.3 is 0 Å². The van der Waals surface area contributed by atoms with E-state index in [-0.39, 0.29) is 16.7 Å². The molecule has 0 aliphatic carbocycles. The van der Waals surface area contributed by atoms with Crippen LogP contribution in [0.3, 0.4) is 0 Å². The summed E-state index contributed by atoms with van der Waals surface area (Å²) in [6.07, 6.45) is 3.92. The second-order valence-electron chi connectivity index (χ2n) is 6.90. The summed E-state index contributed by atoms with van der Waals surface area (Å²) in [5.74, 6) is 0.0315. The maximum atomic E-state index is 13.9. The number of pyridine rings is 1. The van der Waals surface area contributed by atoms with Crippen LogP contribution in [-0.2, 0) is 16.1 Å². The van der Waals surface area contributed by atoms with E-state index in [4.69, 9.17) is 21.7 Å². The van der Waals surface area contributed by atoms with Gasteiger partial charge in [0.1, 0.15) is 23.2 Å². The van der Waals surface area contributed by atoms with Gasteiger partial charge in [0.25, 0.3) is 5.91 Å². The number of halogens is 1. The van der Waals surface area contributed by atoms with Gasteiger partial charge < -0.3 is 25.4 Å². The predicted octanol–water partition coefficient (Wildman–Crippen LogP) is 2.86. The van der Waals surface area contributed by atoms with Gasteiger partial charge in [0.05, 0.1) is 18.4 Å². The third kappa shape index (κ3) is 5.77. The van der Waals surface area contributed by atoms with Crippen molar-refractivity contribution in [3.05, 3.63) is 64.9 Å². The molecule has 1 aliphatic rings. The van der Waals surface area contributed by atoms with Crippen LogP contribution in [0.1, 0.15) is 17.5 Å². The van der Waals surface area contributed by atoms with E-state index in [1.807, 2.05) is 6.07 Å². The Morgan fingerprint density at radius 1 is 1.32 bits per heavy atom. The van der Waals surface area contributed by atoms with Crippen molar-refractivity contribution in [3.63, 3.8) is 0 Å². The van der Waals surface area contributed by atoms with E-state index in [2.05, 4.69) is 20.9 Å². The van der Waals surface area contributed by atoms with Crippen LogP contribution in [0.25, 0.3) is 0 Å². The molecule has 0 radical (unpaired) electrons. The summed E-state index contributed by atoms with van der Waals surface area (Å²) in [7, 11) is 1.61. The fourth-order valence-electron chi connectivity index (χ4n) is 3.12. The minimum Gasteiger partial charge on any atom is -0.489 e. The quantitative estimate of drug-likeness (QED) is 0.405. The number of carbonyl (C=O) groups is 1. The van der Waals surface area contributed by atoms with Gasteiger partial charge in [-0.15, -0.1) is 0 Å². The van der Waals surface area contributed by atoms with Crippen LogP contribution in [-0.4, -0.2) is 42.7 Å². The largest absolute Gasteiger partial charge is 0.489 e. The highest BCUT2D eigenvalue weighted by atomic mass is 32.1. The molecule has 1 aromatic carbocycles. The van der Waals surface area contributed by atoms with Crippen molar-refractivity contribution in [1.29, 1.82) is 0 Å². The van der Waals surface area contributed by atoms with Gasteiger partial charge in [-0.05, 0) is 25.1 Å². The maximum Gasteiger partial charge on any atom is 0.256 e. The molecule has 0 unspecified atom stereocenters. The minimum atomic E-state index is -0.341. The number of thiocarbonyl (C=S) groups is 1. The number of amides is 1. The molecule has 1 aliphatic heterocycles. The summed E-state index contributed by atoms with van der Waals surface area (Å²) in [4.78, 5) is 16.9. The Balaban J connectivity index is 1.78. The topological polar surface area (TPSA) is 84.5 Å². The Kier molecular flexibility index (Phi) is 7.91. The third-order valence-corrected chi connectivity index (χ3v) is 5.15. The van der Waals surface area contributed by atoms with Gasteiger partial charge in [0.15, 0.2) is 0 Å². The summed E-state index contributed by atoms with van der Waals surface area (Å²) in [5.41, 5.74) is 2.92. The van der Waals surface area contributed by atoms with Crippen LogP contribution in [0, 0.1) is 12.7 Å². The first-order valence-corrected chi connectivity index (χ1v) is 10.3. The van der Waals surface area contributed by atoms with Crippen LogP contribution >= 0.6 is 12.2 Å². The molecule has 0 fully saturated rings. The second kappa shape index (κ2) is 10.8. The van der Waals surface area contributed by atoms with Crippen LogP contribution in [0.15, 0.2) is 47.9 Å². The van der Waals surface area contributed by atoms with Crippen molar-refractivity contribution in [1.82, 2.24) is 15.6 Å². The summed E-state index contributed by atoms with van der Waals surface area (Å²) < 4.78 is 24.6. The average molecular weight is 445 g/mol. The fraction of sp³-hybridized carbons (Fsp3) is 0.318. The summed E-state index contributed by atoms with van der Waals surface area (Å²) in [6.45, 7) is 3.46. The first-order valence-electron chi connectivity index (χ1n) is 9.87. The number of anilines is 1. The zero-order chi connectivity index (χ0) is 22.2. The molecule has 3 N–H and O–H groups in total. The molecule has 31 heavy (non-hydrogen) atoms. The molecule has 0 saturated heterocycles. The number of nitrogens with one attached hydrogen (secondary N) is 3. The molecule has 2 heterocycles. The van der Waals surface area contributed by atoms with E-state index in [1.165, 1.54) is 6.07 Å². The molecule has 0 atom stereocenters. The highest BCUT2D eigenvalue weighted by Gasteiger charge is 2.24. The molecule has 2 aromatic rings. The van der Waals surface area contributed by atoms with E-state index >= 15 is 0 Å². The summed E-state index contributed by atoms with van der Waals surface area (Å²) >= 11 is 5.50. The Morgan fingerprint density at radius 3 is 2.97 bits per heavy atom. The van der Waals surface area contributed by atoms with E-state index < -0.39 is 0 Å². The molecule has 9 heteroatoms. The molecule has 0 saturated carbocycles. The van der Waals surface area contributed by atoms with Gasteiger partial charge in [-0.25, -0.2) is 4.39 Å². The van der Waals surface area contributed by atoms with Crippen molar-refractivity contribution >= 4 is 28.8 Å². The fourth-order valence-corrected chi connectivity index (χ4v) is 3.44. The summed E-state index contributed by atoms with van der Waals surface area (Å²) in [6, 6.07) is 6.55. The second-order valence-corrected chi connectivity index (χ2v) is 7.31. The smallest absolute Gasteiger partial charge is 0.256 e. The molecular formula is C22H25FN4O3S. The lowest BCUT2D eigenvalue weighted by Gasteiger charge is -2.23. The predicted molar refractivity (Wildman–Crippen MR) is 120 cm³/mol. The molecule has 7 nitrogen and oxygen atoms in total. The van der Waals surface area contributed by atoms with Crippen molar-refractivity contribution in [2.45, 2.75) is 19.9 Å². The minimum absolute atomic E-state index is 0.236. The SMILES string of the molecule is COCCOc1cnccc1CNC1=C(C(=S)Nc2cccc(F)c2C)C(=O)NCC1. The molecular weight excluding hydrogens is 419 g/mol. The van der Waals surface area contributed by atoms with Gasteiger partial charge in [0.2, 0.25) is 0 Å². The van der Waals surface area contributed by atoms with Crippen molar-refractivity contribution < 1.29 is 18.7 Å². The maximum absolute atomic E-state index is 13.9. The number of rotatable bonds is 9. The molecule has 1 amide bonds. The van der Waals surface area contributed by atoms with E-state index in [9.17, 15) is 9.18 Å². The molecule has 0 spiro atoms. The zero-order valence-corrected chi connectivity index (χ0v) is 18.3. The number of carbonyl (C=O) groups excluding carboxylic acids is 1. The Hall–Kier alpha value is -3.04. The Bertz CT molecular complexity index is 996. The number of nitrogens with zero attached hydrogens (tertiary/aromatic N) is 1. The lowest BCUT2D eigenvalue weighted by Crippen LogP contribution is -2.39. The van der Waals surface area contributed by atoms with Crippen LogP contribution in [0.4, 0.5) is 10.1 Å². The molecule has 3 rings (SSSR count). The van der Waals surface area contributed by atoms with Gasteiger partial charge in [-0.1, -0.05) is 18.3 Å². The Labute approximate surface area is 186 Å². The monoisotopic (exact) mass is 444 g/mol. The lowest BCUT2D eigenvalue weighted by molar-refractivity contribution is -0.117. The van der Waals surface area contributed by atoms with Gasteiger partial charge in [-0.2, -0.15) is 0 Å². The summed E-state index contributed by atoms with van der Waals surface area (Å²) in [5, 5.41) is 9.14. The van der Waals surface area contributed by atoms with Crippen LogP contribution in [0.2, 0.25) is 0 Å². The van der Waals surface area contributed by atoms with Crippen molar-refractivity contribution in [3.8, 4) is 5.75 Å². The first-order chi connectivity index (χ1) is 15.0. The van der Waals surface area contributed by atoms with Crippen LogP contribution < -0.4 is 20.7 Å².